The Morgan fingerprint density at radius 3 is 2.21 bits per heavy atom. The third-order valence-corrected chi connectivity index (χ3v) is 3.00. The van der Waals surface area contributed by atoms with Gasteiger partial charge in [-0.15, -0.1) is 13.2 Å². The summed E-state index contributed by atoms with van der Waals surface area (Å²) >= 11 is 0. The molecule has 0 radical (unpaired) electrons. The van der Waals surface area contributed by atoms with Crippen LogP contribution in [0.5, 0.6) is 0 Å². The van der Waals surface area contributed by atoms with Crippen LogP contribution in [0.4, 0.5) is 0 Å². The molecule has 0 aliphatic rings. The van der Waals surface area contributed by atoms with Crippen LogP contribution in [-0.4, -0.2) is 47.6 Å². The lowest BCUT2D eigenvalue weighted by Gasteiger charge is -2.23. The summed E-state index contributed by atoms with van der Waals surface area (Å²) < 4.78 is 0. The normalized spacial score (nSPS) is 13.4. The summed E-state index contributed by atoms with van der Waals surface area (Å²) in [5.41, 5.74) is 0. The molecule has 0 aromatic rings. The van der Waals surface area contributed by atoms with Gasteiger partial charge in [0.15, 0.2) is 0 Å². The van der Waals surface area contributed by atoms with Crippen LogP contribution in [0, 0.1) is 5.92 Å². The minimum Gasteiger partial charge on any atom is -0.480 e. The molecule has 19 heavy (non-hydrogen) atoms. The molecule has 0 spiro atoms. The zero-order chi connectivity index (χ0) is 14.8. The van der Waals surface area contributed by atoms with Crippen molar-refractivity contribution >= 4 is 11.9 Å². The molecule has 2 N–H and O–H groups in total. The molecule has 108 valence electrons. The van der Waals surface area contributed by atoms with E-state index >= 15 is 0 Å². The predicted octanol–water partition coefficient (Wildman–Crippen LogP) is 1.28. The number of rotatable bonds is 10. The molecule has 0 saturated carbocycles. The van der Waals surface area contributed by atoms with Crippen LogP contribution in [0.3, 0.4) is 0 Å². The largest absolute Gasteiger partial charge is 0.480 e. The molecule has 2 atom stereocenters. The molecule has 0 fully saturated rings. The van der Waals surface area contributed by atoms with Crippen molar-refractivity contribution in [2.75, 3.05) is 19.6 Å². The average Bonchev–Trinajstić information content (AvgIpc) is 2.37. The van der Waals surface area contributed by atoms with Crippen molar-refractivity contribution in [2.45, 2.75) is 26.3 Å². The van der Waals surface area contributed by atoms with Crippen molar-refractivity contribution < 1.29 is 14.7 Å². The minimum atomic E-state index is -0.929. The summed E-state index contributed by atoms with van der Waals surface area (Å²) in [5, 5.41) is 11.9. The molecule has 1 amide bonds. The zero-order valence-electron chi connectivity index (χ0n) is 11.8. The molecule has 0 saturated heterocycles. The highest BCUT2D eigenvalue weighted by molar-refractivity contribution is 5.80. The lowest BCUT2D eigenvalue weighted by Crippen LogP contribution is -2.47. The lowest BCUT2D eigenvalue weighted by atomic mass is 9.99. The summed E-state index contributed by atoms with van der Waals surface area (Å²) in [7, 11) is 0. The molecular formula is C14H24N2O3. The van der Waals surface area contributed by atoms with Crippen LogP contribution in [0.2, 0.25) is 0 Å². The monoisotopic (exact) mass is 268 g/mol. The Hall–Kier alpha value is -1.62. The topological polar surface area (TPSA) is 69.6 Å². The first-order valence-electron chi connectivity index (χ1n) is 6.43. The lowest BCUT2D eigenvalue weighted by molar-refractivity contribution is -0.141. The highest BCUT2D eigenvalue weighted by Crippen LogP contribution is 2.07. The van der Waals surface area contributed by atoms with Crippen LogP contribution in [-0.2, 0) is 9.59 Å². The molecule has 0 rings (SSSR count). The van der Waals surface area contributed by atoms with Gasteiger partial charge in [0.05, 0.1) is 6.54 Å². The third kappa shape index (κ3) is 6.20. The Bertz CT molecular complexity index is 319. The van der Waals surface area contributed by atoms with E-state index in [9.17, 15) is 9.59 Å². The van der Waals surface area contributed by atoms with Gasteiger partial charge in [-0.1, -0.05) is 32.4 Å². The number of amides is 1. The van der Waals surface area contributed by atoms with Gasteiger partial charge in [0, 0.05) is 13.1 Å². The number of hydrogen-bond donors (Lipinski definition) is 2. The highest BCUT2D eigenvalue weighted by atomic mass is 16.4. The van der Waals surface area contributed by atoms with Gasteiger partial charge < -0.3 is 10.0 Å². The molecule has 0 aliphatic heterocycles. The number of carboxylic acids is 1. The number of carboxylic acid groups (broad SMARTS) is 1. The number of carbonyl (C=O) groups is 2. The molecule has 0 aromatic carbocycles. The Morgan fingerprint density at radius 2 is 1.84 bits per heavy atom. The fourth-order valence-electron chi connectivity index (χ4n) is 1.67. The SMILES string of the molecule is C=CCN(CC=C)C(=O)CN[C@H](C(=O)O)[C@@H](C)CC. The third-order valence-electron chi connectivity index (χ3n) is 3.00. The van der Waals surface area contributed by atoms with Crippen LogP contribution in [0.15, 0.2) is 25.3 Å². The van der Waals surface area contributed by atoms with E-state index in [0.717, 1.165) is 6.42 Å². The van der Waals surface area contributed by atoms with Gasteiger partial charge in [-0.3, -0.25) is 14.9 Å². The van der Waals surface area contributed by atoms with Crippen molar-refractivity contribution in [1.82, 2.24) is 10.2 Å². The van der Waals surface area contributed by atoms with Crippen molar-refractivity contribution in [2.24, 2.45) is 5.92 Å². The number of nitrogens with zero attached hydrogens (tertiary/aromatic N) is 1. The van der Waals surface area contributed by atoms with Crippen molar-refractivity contribution in [3.63, 3.8) is 0 Å². The van der Waals surface area contributed by atoms with Gasteiger partial charge in [0.25, 0.3) is 0 Å². The first kappa shape index (κ1) is 17.4. The first-order valence-corrected chi connectivity index (χ1v) is 6.43. The standard InChI is InChI=1S/C14H24N2O3/c1-5-8-16(9-6-2)12(17)10-15-13(14(18)19)11(4)7-3/h5-6,11,13,15H,1-2,7-10H2,3-4H3,(H,18,19)/t11-,13-/m0/s1. The number of carbonyl (C=O) groups excluding carboxylic acids is 1. The summed E-state index contributed by atoms with van der Waals surface area (Å²) in [6.07, 6.45) is 4.00. The molecule has 5 nitrogen and oxygen atoms in total. The van der Waals surface area contributed by atoms with E-state index in [2.05, 4.69) is 18.5 Å². The van der Waals surface area contributed by atoms with E-state index in [4.69, 9.17) is 5.11 Å². The van der Waals surface area contributed by atoms with E-state index in [-0.39, 0.29) is 18.4 Å². The second kappa shape index (κ2) is 9.33. The van der Waals surface area contributed by atoms with E-state index in [1.807, 2.05) is 13.8 Å². The summed E-state index contributed by atoms with van der Waals surface area (Å²) in [6, 6.07) is -0.705. The fraction of sp³-hybridized carbons (Fsp3) is 0.571. The van der Waals surface area contributed by atoms with Crippen molar-refractivity contribution in [1.29, 1.82) is 0 Å². The molecule has 0 heterocycles. The van der Waals surface area contributed by atoms with Crippen LogP contribution >= 0.6 is 0 Å². The summed E-state index contributed by atoms with van der Waals surface area (Å²) in [6.45, 7) is 11.8. The maximum atomic E-state index is 11.9. The molecular weight excluding hydrogens is 244 g/mol. The van der Waals surface area contributed by atoms with Crippen LogP contribution in [0.25, 0.3) is 0 Å². The average molecular weight is 268 g/mol. The summed E-state index contributed by atoms with van der Waals surface area (Å²) in [5.74, 6) is -1.12. The summed E-state index contributed by atoms with van der Waals surface area (Å²) in [4.78, 5) is 24.6. The predicted molar refractivity (Wildman–Crippen MR) is 75.9 cm³/mol. The van der Waals surface area contributed by atoms with E-state index in [0.29, 0.717) is 13.1 Å². The van der Waals surface area contributed by atoms with Gasteiger partial charge in [0.1, 0.15) is 6.04 Å². The minimum absolute atomic E-state index is 0.00296. The van der Waals surface area contributed by atoms with Gasteiger partial charge in [-0.25, -0.2) is 0 Å². The smallest absolute Gasteiger partial charge is 0.320 e. The first-order chi connectivity index (χ1) is 8.97. The Kier molecular flexibility index (Phi) is 8.53. The molecule has 5 heteroatoms. The van der Waals surface area contributed by atoms with Gasteiger partial charge >= 0.3 is 5.97 Å². The number of aliphatic carboxylic acids is 1. The van der Waals surface area contributed by atoms with E-state index in [1.165, 1.54) is 0 Å². The number of nitrogens with one attached hydrogen (secondary N) is 1. The molecule has 0 unspecified atom stereocenters. The molecule has 0 aromatic heterocycles. The van der Waals surface area contributed by atoms with Gasteiger partial charge in [-0.2, -0.15) is 0 Å². The van der Waals surface area contributed by atoms with Crippen molar-refractivity contribution in [3.05, 3.63) is 25.3 Å². The Labute approximate surface area is 115 Å². The van der Waals surface area contributed by atoms with Gasteiger partial charge in [0.2, 0.25) is 5.91 Å². The number of hydrogen-bond acceptors (Lipinski definition) is 3. The fourth-order valence-corrected chi connectivity index (χ4v) is 1.67. The zero-order valence-corrected chi connectivity index (χ0v) is 11.8. The quantitative estimate of drug-likeness (QED) is 0.586. The Morgan fingerprint density at radius 1 is 1.32 bits per heavy atom. The van der Waals surface area contributed by atoms with Crippen molar-refractivity contribution in [3.8, 4) is 0 Å². The maximum absolute atomic E-state index is 11.9. The second-order valence-corrected chi connectivity index (χ2v) is 4.46. The van der Waals surface area contributed by atoms with E-state index in [1.54, 1.807) is 17.1 Å². The Balaban J connectivity index is 4.48. The molecule has 0 bridgehead atoms. The van der Waals surface area contributed by atoms with E-state index < -0.39 is 12.0 Å². The highest BCUT2D eigenvalue weighted by Gasteiger charge is 2.24. The molecule has 0 aliphatic carbocycles. The van der Waals surface area contributed by atoms with Gasteiger partial charge in [-0.05, 0) is 5.92 Å². The van der Waals surface area contributed by atoms with Crippen LogP contribution in [0.1, 0.15) is 20.3 Å². The van der Waals surface area contributed by atoms with Crippen LogP contribution < -0.4 is 5.32 Å². The maximum Gasteiger partial charge on any atom is 0.320 e. The second-order valence-electron chi connectivity index (χ2n) is 4.46.